The Balaban J connectivity index is 1.82. The van der Waals surface area contributed by atoms with Crippen LogP contribution in [0.15, 0.2) is 35.9 Å². The molecule has 0 spiro atoms. The number of esters is 1. The maximum Gasteiger partial charge on any atom is 0.311 e. The molecule has 2 rings (SSSR count). The van der Waals surface area contributed by atoms with Gasteiger partial charge in [-0.1, -0.05) is 23.8 Å². The van der Waals surface area contributed by atoms with Gasteiger partial charge in [0, 0.05) is 0 Å². The van der Waals surface area contributed by atoms with Gasteiger partial charge in [-0.05, 0) is 64.2 Å². The van der Waals surface area contributed by atoms with Crippen molar-refractivity contribution in [3.05, 3.63) is 41.5 Å². The average Bonchev–Trinajstić information content (AvgIpc) is 2.70. The molecule has 0 aliphatic carbocycles. The molecule has 1 aliphatic rings. The number of hydrogen-bond donors (Lipinski definition) is 0. The SMILES string of the molecule is CCOC(=O)[C@@H](CCC=C(C)C)[C@H]1CC[C@H](OCc2ccc(OC)cc2)CO1. The van der Waals surface area contributed by atoms with Crippen LogP contribution in [0.3, 0.4) is 0 Å². The van der Waals surface area contributed by atoms with E-state index in [9.17, 15) is 4.79 Å². The van der Waals surface area contributed by atoms with Gasteiger partial charge < -0.3 is 18.9 Å². The lowest BCUT2D eigenvalue weighted by atomic mass is 9.90. The lowest BCUT2D eigenvalue weighted by molar-refractivity contribution is -0.161. The molecule has 1 aromatic carbocycles. The number of benzene rings is 1. The van der Waals surface area contributed by atoms with E-state index in [1.54, 1.807) is 7.11 Å². The highest BCUT2D eigenvalue weighted by atomic mass is 16.6. The van der Waals surface area contributed by atoms with Crippen molar-refractivity contribution >= 4 is 5.97 Å². The Kier molecular flexibility index (Phi) is 9.51. The Bertz CT molecular complexity index is 610. The minimum atomic E-state index is -0.210. The van der Waals surface area contributed by atoms with Gasteiger partial charge in [-0.25, -0.2) is 0 Å². The van der Waals surface area contributed by atoms with Crippen LogP contribution in [-0.2, 0) is 25.6 Å². The second kappa shape index (κ2) is 11.9. The number of hydrogen-bond acceptors (Lipinski definition) is 5. The highest BCUT2D eigenvalue weighted by molar-refractivity contribution is 5.73. The Morgan fingerprint density at radius 1 is 1.25 bits per heavy atom. The van der Waals surface area contributed by atoms with Gasteiger partial charge in [-0.2, -0.15) is 0 Å². The number of carbonyl (C=O) groups is 1. The van der Waals surface area contributed by atoms with E-state index in [2.05, 4.69) is 19.9 Å². The normalized spacial score (nSPS) is 20.3. The van der Waals surface area contributed by atoms with Crippen molar-refractivity contribution in [2.75, 3.05) is 20.3 Å². The first kappa shape index (κ1) is 22.4. The maximum atomic E-state index is 12.4. The van der Waals surface area contributed by atoms with Gasteiger partial charge in [-0.15, -0.1) is 0 Å². The van der Waals surface area contributed by atoms with Crippen molar-refractivity contribution in [3.8, 4) is 5.75 Å². The van der Waals surface area contributed by atoms with Crippen LogP contribution in [0, 0.1) is 5.92 Å². The van der Waals surface area contributed by atoms with Crippen molar-refractivity contribution in [2.45, 2.75) is 65.3 Å². The maximum absolute atomic E-state index is 12.4. The number of carbonyl (C=O) groups excluding carboxylic acids is 1. The summed E-state index contributed by atoms with van der Waals surface area (Å²) >= 11 is 0. The molecular formula is C23H34O5. The van der Waals surface area contributed by atoms with Gasteiger partial charge >= 0.3 is 5.97 Å². The molecule has 28 heavy (non-hydrogen) atoms. The van der Waals surface area contributed by atoms with Crippen LogP contribution in [0.25, 0.3) is 0 Å². The summed E-state index contributed by atoms with van der Waals surface area (Å²) in [5.74, 6) is 0.482. The lowest BCUT2D eigenvalue weighted by Crippen LogP contribution is -2.39. The number of ether oxygens (including phenoxy) is 4. The van der Waals surface area contributed by atoms with E-state index in [1.165, 1.54) is 5.57 Å². The molecule has 5 heteroatoms. The van der Waals surface area contributed by atoms with Crippen molar-refractivity contribution in [1.29, 1.82) is 0 Å². The quantitative estimate of drug-likeness (QED) is 0.429. The zero-order valence-electron chi connectivity index (χ0n) is 17.6. The first-order chi connectivity index (χ1) is 13.5. The summed E-state index contributed by atoms with van der Waals surface area (Å²) < 4.78 is 22.5. The van der Waals surface area contributed by atoms with Crippen LogP contribution in [0.5, 0.6) is 5.75 Å². The fourth-order valence-corrected chi connectivity index (χ4v) is 3.39. The molecule has 1 aliphatic heterocycles. The first-order valence-electron chi connectivity index (χ1n) is 10.2. The molecule has 0 bridgehead atoms. The van der Waals surface area contributed by atoms with Crippen molar-refractivity contribution in [2.24, 2.45) is 5.92 Å². The molecule has 1 fully saturated rings. The third kappa shape index (κ3) is 7.28. The smallest absolute Gasteiger partial charge is 0.311 e. The fourth-order valence-electron chi connectivity index (χ4n) is 3.39. The van der Waals surface area contributed by atoms with Gasteiger partial charge in [0.1, 0.15) is 5.75 Å². The van der Waals surface area contributed by atoms with Gasteiger partial charge in [0.25, 0.3) is 0 Å². The van der Waals surface area contributed by atoms with E-state index in [1.807, 2.05) is 31.2 Å². The predicted molar refractivity (Wildman–Crippen MR) is 109 cm³/mol. The van der Waals surface area contributed by atoms with Gasteiger partial charge in [-0.3, -0.25) is 4.79 Å². The summed E-state index contributed by atoms with van der Waals surface area (Å²) in [7, 11) is 1.66. The zero-order valence-corrected chi connectivity index (χ0v) is 17.6. The highest BCUT2D eigenvalue weighted by Gasteiger charge is 2.33. The molecule has 0 aromatic heterocycles. The van der Waals surface area contributed by atoms with E-state index in [0.717, 1.165) is 37.0 Å². The number of allylic oxidation sites excluding steroid dienone is 2. The summed E-state index contributed by atoms with van der Waals surface area (Å²) in [4.78, 5) is 12.4. The molecule has 5 nitrogen and oxygen atoms in total. The summed E-state index contributed by atoms with van der Waals surface area (Å²) in [6, 6.07) is 7.88. The predicted octanol–water partition coefficient (Wildman–Crippen LogP) is 4.69. The standard InChI is InChI=1S/C23H34O5/c1-5-26-23(24)21(8-6-7-17(2)3)22-14-13-20(16-28-22)27-15-18-9-11-19(25-4)12-10-18/h7,9-12,20-22H,5-6,8,13-16H2,1-4H3/t20-,21-,22+/m0/s1. The molecule has 0 N–H and O–H groups in total. The lowest BCUT2D eigenvalue weighted by Gasteiger charge is -2.33. The van der Waals surface area contributed by atoms with E-state index in [-0.39, 0.29) is 24.1 Å². The van der Waals surface area contributed by atoms with E-state index in [4.69, 9.17) is 18.9 Å². The van der Waals surface area contributed by atoms with E-state index < -0.39 is 0 Å². The highest BCUT2D eigenvalue weighted by Crippen LogP contribution is 2.27. The first-order valence-corrected chi connectivity index (χ1v) is 10.2. The Labute approximate surface area is 169 Å². The third-order valence-corrected chi connectivity index (χ3v) is 4.98. The second-order valence-electron chi connectivity index (χ2n) is 7.45. The Morgan fingerprint density at radius 3 is 2.57 bits per heavy atom. The monoisotopic (exact) mass is 390 g/mol. The molecule has 3 atom stereocenters. The summed E-state index contributed by atoms with van der Waals surface area (Å²) in [6.45, 7) is 7.44. The van der Waals surface area contributed by atoms with Gasteiger partial charge in [0.05, 0.1) is 45.1 Å². The molecule has 0 amide bonds. The minimum absolute atomic E-state index is 0.0546. The molecular weight excluding hydrogens is 356 g/mol. The van der Waals surface area contributed by atoms with E-state index >= 15 is 0 Å². The summed E-state index contributed by atoms with van der Waals surface area (Å²) in [5, 5.41) is 0. The third-order valence-electron chi connectivity index (χ3n) is 4.98. The van der Waals surface area contributed by atoms with Gasteiger partial charge in [0.2, 0.25) is 0 Å². The van der Waals surface area contributed by atoms with Crippen molar-refractivity contribution in [1.82, 2.24) is 0 Å². The summed E-state index contributed by atoms with van der Waals surface area (Å²) in [6.07, 6.45) is 5.44. The average molecular weight is 391 g/mol. The molecule has 1 aromatic rings. The molecule has 1 heterocycles. The number of methoxy groups -OCH3 is 1. The van der Waals surface area contributed by atoms with Gasteiger partial charge in [0.15, 0.2) is 0 Å². The number of rotatable bonds is 10. The van der Waals surface area contributed by atoms with Crippen LogP contribution in [-0.4, -0.2) is 38.5 Å². The molecule has 0 unspecified atom stereocenters. The Morgan fingerprint density at radius 2 is 2.00 bits per heavy atom. The minimum Gasteiger partial charge on any atom is -0.497 e. The van der Waals surface area contributed by atoms with Crippen LogP contribution in [0.4, 0.5) is 0 Å². The van der Waals surface area contributed by atoms with E-state index in [0.29, 0.717) is 19.8 Å². The summed E-state index contributed by atoms with van der Waals surface area (Å²) in [5.41, 5.74) is 2.37. The zero-order chi connectivity index (χ0) is 20.4. The van der Waals surface area contributed by atoms with Crippen LogP contribution < -0.4 is 4.74 Å². The molecule has 1 saturated heterocycles. The molecule has 0 saturated carbocycles. The van der Waals surface area contributed by atoms with Crippen LogP contribution in [0.1, 0.15) is 52.0 Å². The fraction of sp³-hybridized carbons (Fsp3) is 0.609. The topological polar surface area (TPSA) is 54.0 Å². The van der Waals surface area contributed by atoms with Crippen molar-refractivity contribution in [3.63, 3.8) is 0 Å². The Hall–Kier alpha value is -1.85. The largest absolute Gasteiger partial charge is 0.497 e. The van der Waals surface area contributed by atoms with Crippen molar-refractivity contribution < 1.29 is 23.7 Å². The second-order valence-corrected chi connectivity index (χ2v) is 7.45. The van der Waals surface area contributed by atoms with Crippen LogP contribution in [0.2, 0.25) is 0 Å². The van der Waals surface area contributed by atoms with Crippen LogP contribution >= 0.6 is 0 Å². The molecule has 156 valence electrons. The molecule has 0 radical (unpaired) electrons.